The van der Waals surface area contributed by atoms with Gasteiger partial charge in [-0.1, -0.05) is 6.92 Å². The average Bonchev–Trinajstić information content (AvgIpc) is 2.27. The highest BCUT2D eigenvalue weighted by atomic mass is 19.1. The smallest absolute Gasteiger partial charge is 0.338 e. The van der Waals surface area contributed by atoms with Crippen LogP contribution in [0.1, 0.15) is 28.4 Å². The van der Waals surface area contributed by atoms with E-state index in [9.17, 15) is 9.18 Å². The molecule has 0 amide bonds. The van der Waals surface area contributed by atoms with Crippen LogP contribution in [0.5, 0.6) is 0 Å². The summed E-state index contributed by atoms with van der Waals surface area (Å²) in [6.07, 6.45) is 0.408. The summed E-state index contributed by atoms with van der Waals surface area (Å²) >= 11 is 0. The van der Waals surface area contributed by atoms with Gasteiger partial charge in [-0.2, -0.15) is 5.26 Å². The Balaban J connectivity index is 3.43. The molecule has 0 spiro atoms. The van der Waals surface area contributed by atoms with Crippen LogP contribution in [-0.2, 0) is 11.2 Å². The fourth-order valence-electron chi connectivity index (χ4n) is 1.41. The molecule has 3 nitrogen and oxygen atoms in total. The van der Waals surface area contributed by atoms with Crippen LogP contribution >= 0.6 is 0 Å². The van der Waals surface area contributed by atoms with Crippen molar-refractivity contribution in [2.24, 2.45) is 0 Å². The normalized spacial score (nSPS) is 9.47. The van der Waals surface area contributed by atoms with E-state index in [0.717, 1.165) is 6.07 Å². The third kappa shape index (κ3) is 1.96. The number of esters is 1. The van der Waals surface area contributed by atoms with Gasteiger partial charge in [-0.25, -0.2) is 9.18 Å². The maximum Gasteiger partial charge on any atom is 0.338 e. The molecule has 0 fully saturated rings. The van der Waals surface area contributed by atoms with Crippen LogP contribution in [0.4, 0.5) is 4.39 Å². The van der Waals surface area contributed by atoms with E-state index in [0.29, 0.717) is 12.0 Å². The molecule has 0 aliphatic heterocycles. The first-order valence-electron chi connectivity index (χ1n) is 4.45. The van der Waals surface area contributed by atoms with E-state index in [-0.39, 0.29) is 11.1 Å². The van der Waals surface area contributed by atoms with Crippen molar-refractivity contribution in [1.82, 2.24) is 0 Å². The molecule has 15 heavy (non-hydrogen) atoms. The highest BCUT2D eigenvalue weighted by Crippen LogP contribution is 2.19. The lowest BCUT2D eigenvalue weighted by atomic mass is 9.99. The molecule has 0 unspecified atom stereocenters. The number of methoxy groups -OCH3 is 1. The summed E-state index contributed by atoms with van der Waals surface area (Å²) in [4.78, 5) is 11.3. The van der Waals surface area contributed by atoms with E-state index < -0.39 is 11.8 Å². The van der Waals surface area contributed by atoms with Crippen LogP contribution in [-0.4, -0.2) is 13.1 Å². The monoisotopic (exact) mass is 207 g/mol. The van der Waals surface area contributed by atoms with Crippen LogP contribution in [0, 0.1) is 17.1 Å². The summed E-state index contributed by atoms with van der Waals surface area (Å²) in [7, 11) is 1.25. The number of hydrogen-bond acceptors (Lipinski definition) is 3. The lowest BCUT2D eigenvalue weighted by molar-refractivity contribution is 0.0599. The van der Waals surface area contributed by atoms with Gasteiger partial charge in [0.05, 0.1) is 18.2 Å². The number of benzene rings is 1. The predicted octanol–water partition coefficient (Wildman–Crippen LogP) is 2.05. The third-order valence-electron chi connectivity index (χ3n) is 2.13. The lowest BCUT2D eigenvalue weighted by Crippen LogP contribution is -2.08. The molecule has 0 aliphatic rings. The number of hydrogen-bond donors (Lipinski definition) is 0. The van der Waals surface area contributed by atoms with Crippen molar-refractivity contribution in [3.8, 4) is 6.07 Å². The molecular formula is C11H10FNO2. The van der Waals surface area contributed by atoms with Gasteiger partial charge in [-0.05, 0) is 24.1 Å². The van der Waals surface area contributed by atoms with E-state index in [1.54, 1.807) is 13.0 Å². The molecule has 0 saturated carbocycles. The maximum atomic E-state index is 13.2. The first-order valence-corrected chi connectivity index (χ1v) is 4.45. The molecule has 0 bridgehead atoms. The van der Waals surface area contributed by atoms with Crippen molar-refractivity contribution in [2.75, 3.05) is 7.11 Å². The van der Waals surface area contributed by atoms with Gasteiger partial charge in [0, 0.05) is 0 Å². The zero-order valence-electron chi connectivity index (χ0n) is 8.50. The molecule has 0 atom stereocenters. The SMILES string of the molecule is CCc1c(C(=O)OC)ccc(F)c1C#N. The molecule has 0 saturated heterocycles. The lowest BCUT2D eigenvalue weighted by Gasteiger charge is -2.07. The van der Waals surface area contributed by atoms with Gasteiger partial charge < -0.3 is 4.74 Å². The molecule has 1 aromatic carbocycles. The Morgan fingerprint density at radius 1 is 1.60 bits per heavy atom. The fraction of sp³-hybridized carbons (Fsp3) is 0.273. The third-order valence-corrected chi connectivity index (χ3v) is 2.13. The second kappa shape index (κ2) is 4.56. The summed E-state index contributed by atoms with van der Waals surface area (Å²) in [6, 6.07) is 4.19. The fourth-order valence-corrected chi connectivity index (χ4v) is 1.41. The molecule has 78 valence electrons. The second-order valence-electron chi connectivity index (χ2n) is 2.91. The first-order chi connectivity index (χ1) is 7.15. The van der Waals surface area contributed by atoms with Crippen molar-refractivity contribution in [2.45, 2.75) is 13.3 Å². The Bertz CT molecular complexity index is 435. The standard InChI is InChI=1S/C11H10FNO2/c1-3-7-8(11(14)15-2)4-5-10(12)9(7)6-13/h4-5H,3H2,1-2H3. The highest BCUT2D eigenvalue weighted by molar-refractivity contribution is 5.91. The molecular weight excluding hydrogens is 197 g/mol. The minimum Gasteiger partial charge on any atom is -0.465 e. The van der Waals surface area contributed by atoms with E-state index in [1.165, 1.54) is 13.2 Å². The van der Waals surface area contributed by atoms with E-state index in [4.69, 9.17) is 5.26 Å². The number of halogens is 1. The van der Waals surface area contributed by atoms with Gasteiger partial charge in [0.1, 0.15) is 11.9 Å². The van der Waals surface area contributed by atoms with Crippen LogP contribution in [0.3, 0.4) is 0 Å². The molecule has 0 heterocycles. The van der Waals surface area contributed by atoms with Gasteiger partial charge >= 0.3 is 5.97 Å². The van der Waals surface area contributed by atoms with Gasteiger partial charge in [0.15, 0.2) is 0 Å². The van der Waals surface area contributed by atoms with E-state index in [1.807, 2.05) is 0 Å². The molecule has 1 aromatic rings. The Kier molecular flexibility index (Phi) is 3.40. The van der Waals surface area contributed by atoms with Gasteiger partial charge in [-0.3, -0.25) is 0 Å². The Morgan fingerprint density at radius 2 is 2.27 bits per heavy atom. The molecule has 0 radical (unpaired) electrons. The summed E-state index contributed by atoms with van der Waals surface area (Å²) in [6.45, 7) is 1.75. The Morgan fingerprint density at radius 3 is 2.73 bits per heavy atom. The largest absolute Gasteiger partial charge is 0.465 e. The summed E-state index contributed by atoms with van der Waals surface area (Å²) in [5.41, 5.74) is 0.558. The quantitative estimate of drug-likeness (QED) is 0.697. The number of rotatable bonds is 2. The number of carbonyl (C=O) groups excluding carboxylic acids is 1. The average molecular weight is 207 g/mol. The Labute approximate surface area is 87.1 Å². The summed E-state index contributed by atoms with van der Waals surface area (Å²) in [5, 5.41) is 8.77. The topological polar surface area (TPSA) is 50.1 Å². The number of carbonyl (C=O) groups is 1. The minimum atomic E-state index is -0.609. The van der Waals surface area contributed by atoms with Crippen molar-refractivity contribution in [1.29, 1.82) is 5.26 Å². The second-order valence-corrected chi connectivity index (χ2v) is 2.91. The van der Waals surface area contributed by atoms with E-state index >= 15 is 0 Å². The zero-order valence-corrected chi connectivity index (χ0v) is 8.50. The van der Waals surface area contributed by atoms with Crippen LogP contribution in [0.2, 0.25) is 0 Å². The maximum absolute atomic E-state index is 13.2. The van der Waals surface area contributed by atoms with Crippen LogP contribution in [0.25, 0.3) is 0 Å². The molecule has 0 aromatic heterocycles. The van der Waals surface area contributed by atoms with Crippen molar-refractivity contribution in [3.63, 3.8) is 0 Å². The van der Waals surface area contributed by atoms with Gasteiger partial charge in [-0.15, -0.1) is 0 Å². The molecule has 4 heteroatoms. The minimum absolute atomic E-state index is 0.0830. The van der Waals surface area contributed by atoms with Gasteiger partial charge in [0.2, 0.25) is 0 Å². The first kappa shape index (κ1) is 11.2. The molecule has 1 rings (SSSR count). The van der Waals surface area contributed by atoms with Crippen LogP contribution < -0.4 is 0 Å². The van der Waals surface area contributed by atoms with Crippen molar-refractivity contribution in [3.05, 3.63) is 34.6 Å². The molecule has 0 aliphatic carbocycles. The number of nitriles is 1. The van der Waals surface area contributed by atoms with Crippen LogP contribution in [0.15, 0.2) is 12.1 Å². The van der Waals surface area contributed by atoms with Gasteiger partial charge in [0.25, 0.3) is 0 Å². The predicted molar refractivity (Wildman–Crippen MR) is 51.8 cm³/mol. The number of ether oxygens (including phenoxy) is 1. The van der Waals surface area contributed by atoms with E-state index in [2.05, 4.69) is 4.74 Å². The summed E-state index contributed by atoms with van der Waals surface area (Å²) in [5.74, 6) is -1.16. The molecule has 0 N–H and O–H groups in total. The number of nitrogens with zero attached hydrogens (tertiary/aromatic N) is 1. The van der Waals surface area contributed by atoms with Crippen molar-refractivity contribution >= 4 is 5.97 Å². The van der Waals surface area contributed by atoms with Crippen molar-refractivity contribution < 1.29 is 13.9 Å². The zero-order chi connectivity index (χ0) is 11.4. The highest BCUT2D eigenvalue weighted by Gasteiger charge is 2.17. The Hall–Kier alpha value is -1.89. The summed E-state index contributed by atoms with van der Waals surface area (Å²) < 4.78 is 17.8.